The molecule has 176 valence electrons. The van der Waals surface area contributed by atoms with Crippen molar-refractivity contribution in [3.8, 4) is 17.2 Å². The number of unbranched alkanes of at least 4 members (excludes halogenated alkanes) is 2. The van der Waals surface area contributed by atoms with Gasteiger partial charge in [-0.25, -0.2) is 0 Å². The minimum atomic E-state index is -0.237. The third-order valence-electron chi connectivity index (χ3n) is 7.94. The van der Waals surface area contributed by atoms with Crippen LogP contribution < -0.4 is 0 Å². The van der Waals surface area contributed by atoms with Crippen LogP contribution in [0.1, 0.15) is 95.0 Å². The molecule has 0 amide bonds. The maximum atomic E-state index is 9.55. The molecule has 1 heterocycles. The van der Waals surface area contributed by atoms with E-state index in [4.69, 9.17) is 9.47 Å². The van der Waals surface area contributed by atoms with Crippen LogP contribution in [0.15, 0.2) is 48.5 Å². The summed E-state index contributed by atoms with van der Waals surface area (Å²) < 4.78 is 12.0. The van der Waals surface area contributed by atoms with Gasteiger partial charge >= 0.3 is 0 Å². The van der Waals surface area contributed by atoms with E-state index in [0.717, 1.165) is 50.9 Å². The second kappa shape index (κ2) is 11.3. The number of hydrogen-bond acceptors (Lipinski definition) is 3. The third kappa shape index (κ3) is 5.86. The minimum Gasteiger partial charge on any atom is -0.348 e. The van der Waals surface area contributed by atoms with E-state index >= 15 is 0 Å². The van der Waals surface area contributed by atoms with Crippen molar-refractivity contribution in [1.82, 2.24) is 0 Å². The molecule has 2 aliphatic rings. The highest BCUT2D eigenvalue weighted by Gasteiger charge is 2.34. The number of rotatable bonds is 8. The molecule has 2 aromatic carbocycles. The van der Waals surface area contributed by atoms with Crippen molar-refractivity contribution in [1.29, 1.82) is 5.26 Å². The van der Waals surface area contributed by atoms with Crippen molar-refractivity contribution in [3.63, 3.8) is 0 Å². The molecule has 1 saturated heterocycles. The van der Waals surface area contributed by atoms with Gasteiger partial charge in [-0.05, 0) is 61.1 Å². The van der Waals surface area contributed by atoms with Gasteiger partial charge in [0.1, 0.15) is 0 Å². The topological polar surface area (TPSA) is 42.2 Å². The molecule has 2 aromatic rings. The predicted octanol–water partition coefficient (Wildman–Crippen LogP) is 8.17. The van der Waals surface area contributed by atoms with Crippen molar-refractivity contribution < 1.29 is 9.47 Å². The van der Waals surface area contributed by atoms with Gasteiger partial charge in [0.2, 0.25) is 0 Å². The van der Waals surface area contributed by atoms with Crippen molar-refractivity contribution >= 4 is 0 Å². The lowest BCUT2D eigenvalue weighted by Crippen LogP contribution is -2.27. The quantitative estimate of drug-likeness (QED) is 0.385. The van der Waals surface area contributed by atoms with Crippen LogP contribution >= 0.6 is 0 Å². The molecule has 0 aromatic heterocycles. The first-order valence-electron chi connectivity index (χ1n) is 13.0. The Kier molecular flexibility index (Phi) is 8.23. The molecule has 1 aliphatic heterocycles. The Labute approximate surface area is 200 Å². The number of nitriles is 1. The van der Waals surface area contributed by atoms with Gasteiger partial charge in [-0.15, -0.1) is 0 Å². The Hall–Kier alpha value is -2.15. The summed E-state index contributed by atoms with van der Waals surface area (Å²) in [5.74, 6) is 1.12. The van der Waals surface area contributed by atoms with Crippen molar-refractivity contribution in [2.45, 2.75) is 83.8 Å². The van der Waals surface area contributed by atoms with E-state index in [1.807, 2.05) is 0 Å². The molecule has 1 aliphatic carbocycles. The largest absolute Gasteiger partial charge is 0.348 e. The van der Waals surface area contributed by atoms with E-state index in [1.165, 1.54) is 42.4 Å². The van der Waals surface area contributed by atoms with Gasteiger partial charge in [-0.3, -0.25) is 0 Å². The second-order valence-corrected chi connectivity index (χ2v) is 10.1. The van der Waals surface area contributed by atoms with Crippen LogP contribution in [0, 0.1) is 22.7 Å². The van der Waals surface area contributed by atoms with Crippen molar-refractivity contribution in [2.24, 2.45) is 11.3 Å². The molecule has 0 atom stereocenters. The van der Waals surface area contributed by atoms with Crippen LogP contribution in [0.2, 0.25) is 0 Å². The van der Waals surface area contributed by atoms with Gasteiger partial charge in [0, 0.05) is 11.5 Å². The summed E-state index contributed by atoms with van der Waals surface area (Å²) in [6.07, 6.45) is 10.1. The highest BCUT2D eigenvalue weighted by molar-refractivity contribution is 5.64. The first-order chi connectivity index (χ1) is 16.2. The zero-order valence-electron chi connectivity index (χ0n) is 20.4. The number of nitrogens with zero attached hydrogens (tertiary/aromatic N) is 1. The summed E-state index contributed by atoms with van der Waals surface area (Å²) in [6, 6.07) is 20.3. The normalized spacial score (nSPS) is 27.7. The first kappa shape index (κ1) is 24.0. The van der Waals surface area contributed by atoms with E-state index in [0.29, 0.717) is 11.8 Å². The lowest BCUT2D eigenvalue weighted by molar-refractivity contribution is -0.206. The summed E-state index contributed by atoms with van der Waals surface area (Å²) in [6.45, 7) is 5.99. The van der Waals surface area contributed by atoms with Gasteiger partial charge in [0.15, 0.2) is 6.29 Å². The summed E-state index contributed by atoms with van der Waals surface area (Å²) in [7, 11) is 0. The Balaban J connectivity index is 1.31. The average molecular weight is 446 g/mol. The third-order valence-corrected chi connectivity index (χ3v) is 7.94. The Bertz CT molecular complexity index is 896. The van der Waals surface area contributed by atoms with Crippen LogP contribution in [0.5, 0.6) is 0 Å². The van der Waals surface area contributed by atoms with Crippen LogP contribution in [-0.4, -0.2) is 13.2 Å². The molecular weight excluding hydrogens is 406 g/mol. The molecule has 33 heavy (non-hydrogen) atoms. The van der Waals surface area contributed by atoms with E-state index in [9.17, 15) is 5.26 Å². The van der Waals surface area contributed by atoms with Crippen molar-refractivity contribution in [2.75, 3.05) is 13.2 Å². The van der Waals surface area contributed by atoms with Gasteiger partial charge in [-0.1, -0.05) is 81.6 Å². The fourth-order valence-corrected chi connectivity index (χ4v) is 5.41. The lowest BCUT2D eigenvalue weighted by Gasteiger charge is -2.34. The van der Waals surface area contributed by atoms with E-state index in [2.05, 4.69) is 68.4 Å². The van der Waals surface area contributed by atoms with Crippen LogP contribution in [0.4, 0.5) is 0 Å². The smallest absolute Gasteiger partial charge is 0.183 e. The monoisotopic (exact) mass is 445 g/mol. The lowest BCUT2D eigenvalue weighted by atomic mass is 9.68. The molecule has 0 radical (unpaired) electrons. The fraction of sp³-hybridized carbons (Fsp3) is 0.567. The van der Waals surface area contributed by atoms with E-state index in [-0.39, 0.29) is 11.7 Å². The predicted molar refractivity (Wildman–Crippen MR) is 134 cm³/mol. The highest BCUT2D eigenvalue weighted by atomic mass is 16.7. The summed E-state index contributed by atoms with van der Waals surface area (Å²) in [5.41, 5.74) is 4.89. The number of benzene rings is 2. The zero-order chi connectivity index (χ0) is 23.1. The molecule has 3 nitrogen and oxygen atoms in total. The van der Waals surface area contributed by atoms with Gasteiger partial charge in [0.05, 0.1) is 24.7 Å². The molecule has 0 unspecified atom stereocenters. The Morgan fingerprint density at radius 2 is 1.42 bits per heavy atom. The SMILES string of the molecule is CCCCCC1COC(c2ccc(-c3ccc(C4CCC(C#N)(CC)CC4)cc3)cc2)OC1. The Morgan fingerprint density at radius 1 is 0.848 bits per heavy atom. The van der Waals surface area contributed by atoms with Crippen LogP contribution in [-0.2, 0) is 9.47 Å². The Morgan fingerprint density at radius 3 is 1.94 bits per heavy atom. The highest BCUT2D eigenvalue weighted by Crippen LogP contribution is 2.44. The van der Waals surface area contributed by atoms with Gasteiger partial charge in [-0.2, -0.15) is 5.26 Å². The molecule has 1 saturated carbocycles. The van der Waals surface area contributed by atoms with Gasteiger partial charge in [0.25, 0.3) is 0 Å². The fourth-order valence-electron chi connectivity index (χ4n) is 5.41. The summed E-state index contributed by atoms with van der Waals surface area (Å²) >= 11 is 0. The minimum absolute atomic E-state index is 0.0834. The number of hydrogen-bond donors (Lipinski definition) is 0. The molecule has 4 rings (SSSR count). The summed E-state index contributed by atoms with van der Waals surface area (Å²) in [4.78, 5) is 0. The maximum absolute atomic E-state index is 9.55. The molecule has 3 heteroatoms. The zero-order valence-corrected chi connectivity index (χ0v) is 20.4. The first-order valence-corrected chi connectivity index (χ1v) is 13.0. The van der Waals surface area contributed by atoms with E-state index < -0.39 is 0 Å². The summed E-state index contributed by atoms with van der Waals surface area (Å²) in [5, 5.41) is 9.55. The average Bonchev–Trinajstić information content (AvgIpc) is 2.90. The van der Waals surface area contributed by atoms with Gasteiger partial charge < -0.3 is 9.47 Å². The maximum Gasteiger partial charge on any atom is 0.183 e. The standard InChI is InChI=1S/C30H39NO2/c1-3-5-6-7-23-20-32-29(33-21-23)28-14-12-25(13-15-28)24-8-10-26(11-9-24)27-16-18-30(4-2,22-31)19-17-27/h8-15,23,27,29H,3-7,16-21H2,1-2H3. The molecule has 0 spiro atoms. The van der Waals surface area contributed by atoms with Crippen LogP contribution in [0.25, 0.3) is 11.1 Å². The number of ether oxygens (including phenoxy) is 2. The molecular formula is C30H39NO2. The molecule has 0 bridgehead atoms. The molecule has 2 fully saturated rings. The molecule has 0 N–H and O–H groups in total. The van der Waals surface area contributed by atoms with Crippen LogP contribution in [0.3, 0.4) is 0 Å². The second-order valence-electron chi connectivity index (χ2n) is 10.1. The van der Waals surface area contributed by atoms with Crippen molar-refractivity contribution in [3.05, 3.63) is 59.7 Å². The van der Waals surface area contributed by atoms with E-state index in [1.54, 1.807) is 0 Å².